The molecule has 4 rings (SSSR count). The van der Waals surface area contributed by atoms with Gasteiger partial charge < -0.3 is 19.9 Å². The Morgan fingerprint density at radius 2 is 1.68 bits per heavy atom. The number of nitrogens with one attached hydrogen (secondary N) is 1. The number of benzene rings is 1. The Morgan fingerprint density at radius 3 is 2.29 bits per heavy atom. The molecule has 1 N–H and O–H groups in total. The lowest BCUT2D eigenvalue weighted by atomic mass is 10.1. The quantitative estimate of drug-likeness (QED) is 0.635. The van der Waals surface area contributed by atoms with E-state index in [1.165, 1.54) is 7.05 Å². The summed E-state index contributed by atoms with van der Waals surface area (Å²) in [6, 6.07) is 10.5. The number of rotatable bonds is 3. The Labute approximate surface area is 197 Å². The van der Waals surface area contributed by atoms with Gasteiger partial charge in [-0.3, -0.25) is 9.59 Å². The molecule has 0 atom stereocenters. The molecule has 1 fully saturated rings. The van der Waals surface area contributed by atoms with E-state index in [1.54, 1.807) is 41.4 Å². The average Bonchev–Trinajstić information content (AvgIpc) is 2.81. The van der Waals surface area contributed by atoms with E-state index >= 15 is 0 Å². The monoisotopic (exact) mass is 464 g/mol. The maximum absolute atomic E-state index is 12.9. The van der Waals surface area contributed by atoms with Crippen LogP contribution in [-0.4, -0.2) is 63.4 Å². The van der Waals surface area contributed by atoms with Crippen LogP contribution in [0.2, 0.25) is 0 Å². The Bertz CT molecular complexity index is 1270. The van der Waals surface area contributed by atoms with E-state index in [9.17, 15) is 14.4 Å². The summed E-state index contributed by atoms with van der Waals surface area (Å²) in [7, 11) is 1.52. The number of aromatic nitrogens is 3. The molecule has 0 bridgehead atoms. The van der Waals surface area contributed by atoms with E-state index in [0.717, 1.165) is 10.4 Å². The third-order valence-corrected chi connectivity index (χ3v) is 5.46. The van der Waals surface area contributed by atoms with Crippen LogP contribution >= 0.6 is 0 Å². The molecule has 178 valence electrons. The molecule has 3 heterocycles. The lowest BCUT2D eigenvalue weighted by Gasteiger charge is -2.36. The van der Waals surface area contributed by atoms with Crippen LogP contribution in [0.4, 0.5) is 16.3 Å². The van der Waals surface area contributed by atoms with Gasteiger partial charge in [-0.2, -0.15) is 5.10 Å². The molecule has 10 nitrogen and oxygen atoms in total. The van der Waals surface area contributed by atoms with Crippen LogP contribution in [0.3, 0.4) is 0 Å². The average molecular weight is 465 g/mol. The van der Waals surface area contributed by atoms with Crippen molar-refractivity contribution in [2.45, 2.75) is 26.4 Å². The van der Waals surface area contributed by atoms with Crippen molar-refractivity contribution in [1.29, 1.82) is 0 Å². The molecule has 0 saturated carbocycles. The van der Waals surface area contributed by atoms with Gasteiger partial charge in [0.15, 0.2) is 5.69 Å². The van der Waals surface area contributed by atoms with Gasteiger partial charge in [0.2, 0.25) is 0 Å². The van der Waals surface area contributed by atoms with Gasteiger partial charge in [-0.25, -0.2) is 14.5 Å². The molecule has 10 heteroatoms. The predicted octanol–water partition coefficient (Wildman–Crippen LogP) is 2.64. The molecule has 0 radical (unpaired) electrons. The summed E-state index contributed by atoms with van der Waals surface area (Å²) in [4.78, 5) is 45.6. The summed E-state index contributed by atoms with van der Waals surface area (Å²) in [5.41, 5.74) is 0.269. The Kier molecular flexibility index (Phi) is 6.23. The molecule has 1 aliphatic heterocycles. The van der Waals surface area contributed by atoms with Crippen LogP contribution in [-0.2, 0) is 11.8 Å². The molecule has 0 aliphatic carbocycles. The molecular weight excluding hydrogens is 436 g/mol. The first-order chi connectivity index (χ1) is 16.1. The second-order valence-corrected chi connectivity index (χ2v) is 9.13. The number of amides is 2. The van der Waals surface area contributed by atoms with Crippen molar-refractivity contribution in [3.63, 3.8) is 0 Å². The van der Waals surface area contributed by atoms with Crippen LogP contribution in [0.5, 0.6) is 0 Å². The maximum atomic E-state index is 12.9. The third kappa shape index (κ3) is 5.00. The van der Waals surface area contributed by atoms with Crippen LogP contribution in [0.15, 0.2) is 47.4 Å². The van der Waals surface area contributed by atoms with E-state index in [1.807, 2.05) is 26.8 Å². The lowest BCUT2D eigenvalue weighted by molar-refractivity contribution is 0.0240. The fraction of sp³-hybridized carbons (Fsp3) is 0.375. The minimum absolute atomic E-state index is 0.154. The summed E-state index contributed by atoms with van der Waals surface area (Å²) in [5.74, 6) is -0.0705. The molecule has 0 spiro atoms. The Morgan fingerprint density at radius 1 is 1.00 bits per heavy atom. The topological polar surface area (TPSA) is 110 Å². The predicted molar refractivity (Wildman–Crippen MR) is 129 cm³/mol. The van der Waals surface area contributed by atoms with Gasteiger partial charge in [-0.05, 0) is 39.0 Å². The van der Waals surface area contributed by atoms with Gasteiger partial charge >= 0.3 is 6.09 Å². The summed E-state index contributed by atoms with van der Waals surface area (Å²) >= 11 is 0. The van der Waals surface area contributed by atoms with Gasteiger partial charge in [0.05, 0.1) is 17.3 Å². The fourth-order valence-electron chi connectivity index (χ4n) is 3.76. The smallest absolute Gasteiger partial charge is 0.410 e. The number of nitrogens with zero attached hydrogens (tertiary/aromatic N) is 5. The zero-order chi connectivity index (χ0) is 24.5. The first-order valence-corrected chi connectivity index (χ1v) is 11.1. The summed E-state index contributed by atoms with van der Waals surface area (Å²) < 4.78 is 6.60. The highest BCUT2D eigenvalue weighted by molar-refractivity contribution is 6.10. The van der Waals surface area contributed by atoms with Crippen molar-refractivity contribution >= 4 is 34.3 Å². The molecule has 3 aromatic rings. The van der Waals surface area contributed by atoms with Crippen molar-refractivity contribution in [2.24, 2.45) is 7.05 Å². The number of carbonyl (C=O) groups excluding carboxylic acids is 2. The number of fused-ring (bicyclic) bond motifs is 1. The second kappa shape index (κ2) is 9.12. The number of anilines is 2. The summed E-state index contributed by atoms with van der Waals surface area (Å²) in [6.45, 7) is 7.97. The van der Waals surface area contributed by atoms with Gasteiger partial charge in [-0.1, -0.05) is 18.2 Å². The lowest BCUT2D eigenvalue weighted by Crippen LogP contribution is -2.50. The molecule has 2 amide bonds. The largest absolute Gasteiger partial charge is 0.444 e. The number of piperazine rings is 1. The summed E-state index contributed by atoms with van der Waals surface area (Å²) in [6.07, 6.45) is 1.38. The van der Waals surface area contributed by atoms with E-state index in [0.29, 0.717) is 42.8 Å². The van der Waals surface area contributed by atoms with E-state index in [2.05, 4.69) is 20.3 Å². The van der Waals surface area contributed by atoms with Crippen LogP contribution in [0.25, 0.3) is 10.8 Å². The van der Waals surface area contributed by atoms with Crippen molar-refractivity contribution < 1.29 is 14.3 Å². The van der Waals surface area contributed by atoms with Gasteiger partial charge in [0.1, 0.15) is 11.4 Å². The Hall–Kier alpha value is -3.95. The fourth-order valence-corrected chi connectivity index (χ4v) is 3.76. The zero-order valence-electron chi connectivity index (χ0n) is 19.7. The molecule has 1 aromatic carbocycles. The SMILES string of the molecule is Cn1nc(C(=O)Nc2ccc(N3CCN(C(=O)OC(C)(C)C)CC3)cn2)c2ccccc2c1=O. The molecule has 34 heavy (non-hydrogen) atoms. The molecule has 1 saturated heterocycles. The van der Waals surface area contributed by atoms with Crippen molar-refractivity contribution in [3.8, 4) is 0 Å². The second-order valence-electron chi connectivity index (χ2n) is 9.13. The van der Waals surface area contributed by atoms with Gasteiger partial charge in [-0.15, -0.1) is 0 Å². The number of ether oxygens (including phenoxy) is 1. The van der Waals surface area contributed by atoms with E-state index in [-0.39, 0.29) is 17.3 Å². The minimum Gasteiger partial charge on any atom is -0.444 e. The number of carbonyl (C=O) groups is 2. The first-order valence-electron chi connectivity index (χ1n) is 11.1. The third-order valence-electron chi connectivity index (χ3n) is 5.46. The zero-order valence-corrected chi connectivity index (χ0v) is 19.7. The van der Waals surface area contributed by atoms with Gasteiger partial charge in [0.25, 0.3) is 11.5 Å². The standard InChI is InChI=1S/C24H28N6O4/c1-24(2,3)34-23(33)30-13-11-29(12-14-30)16-9-10-19(25-15-16)26-21(31)20-17-7-5-6-8-18(17)22(32)28(4)27-20/h5-10,15H,11-14H2,1-4H3,(H,25,26,31). The van der Waals surface area contributed by atoms with Crippen molar-refractivity contribution in [2.75, 3.05) is 36.4 Å². The highest BCUT2D eigenvalue weighted by Crippen LogP contribution is 2.20. The Balaban J connectivity index is 1.41. The molecular formula is C24H28N6O4. The van der Waals surface area contributed by atoms with Crippen molar-refractivity contribution in [3.05, 3.63) is 58.6 Å². The van der Waals surface area contributed by atoms with Crippen molar-refractivity contribution in [1.82, 2.24) is 19.7 Å². The van der Waals surface area contributed by atoms with Crippen LogP contribution < -0.4 is 15.8 Å². The van der Waals surface area contributed by atoms with Gasteiger partial charge in [0, 0.05) is 38.6 Å². The maximum Gasteiger partial charge on any atom is 0.410 e. The molecule has 2 aromatic heterocycles. The van der Waals surface area contributed by atoms with Crippen LogP contribution in [0.1, 0.15) is 31.3 Å². The number of hydrogen-bond acceptors (Lipinski definition) is 7. The number of aryl methyl sites for hydroxylation is 1. The highest BCUT2D eigenvalue weighted by atomic mass is 16.6. The normalized spacial score (nSPS) is 14.2. The number of pyridine rings is 1. The van der Waals surface area contributed by atoms with E-state index in [4.69, 9.17) is 4.74 Å². The minimum atomic E-state index is -0.519. The number of hydrogen-bond donors (Lipinski definition) is 1. The molecule has 0 unspecified atom stereocenters. The summed E-state index contributed by atoms with van der Waals surface area (Å²) in [5, 5.41) is 7.82. The molecule has 1 aliphatic rings. The first kappa shape index (κ1) is 23.2. The van der Waals surface area contributed by atoms with Crippen LogP contribution in [0, 0.1) is 0 Å². The van der Waals surface area contributed by atoms with E-state index < -0.39 is 11.5 Å². The highest BCUT2D eigenvalue weighted by Gasteiger charge is 2.26.